The molecule has 7 heteroatoms. The van der Waals surface area contributed by atoms with Gasteiger partial charge in [-0.3, -0.25) is 4.79 Å². The number of nitrogens with one attached hydrogen (secondary N) is 1. The zero-order valence-corrected chi connectivity index (χ0v) is 17.9. The van der Waals surface area contributed by atoms with Crippen LogP contribution in [0.15, 0.2) is 42.6 Å². The lowest BCUT2D eigenvalue weighted by Crippen LogP contribution is -2.27. The highest BCUT2D eigenvalue weighted by molar-refractivity contribution is 6.30. The van der Waals surface area contributed by atoms with Crippen molar-refractivity contribution in [1.82, 2.24) is 15.1 Å². The monoisotopic (exact) mass is 413 g/mol. The molecule has 2 aromatic carbocycles. The molecule has 1 heterocycles. The van der Waals surface area contributed by atoms with Crippen molar-refractivity contribution in [3.05, 3.63) is 70.0 Å². The Labute approximate surface area is 175 Å². The third kappa shape index (κ3) is 4.22. The Morgan fingerprint density at radius 2 is 1.83 bits per heavy atom. The third-order valence-corrected chi connectivity index (χ3v) is 5.13. The van der Waals surface area contributed by atoms with Crippen LogP contribution in [0.4, 0.5) is 0 Å². The average Bonchev–Trinajstić information content (AvgIpc) is 3.09. The smallest absolute Gasteiger partial charge is 0.255 e. The SMILES string of the molecule is COc1cc(C)c(C(C)NC(=O)c2cnn(-c3cccc(Cl)c3)c2C)cc1OC. The summed E-state index contributed by atoms with van der Waals surface area (Å²) in [5.41, 5.74) is 4.01. The number of hydrogen-bond donors (Lipinski definition) is 1. The van der Waals surface area contributed by atoms with Gasteiger partial charge in [0.05, 0.1) is 43.4 Å². The number of halogens is 1. The fourth-order valence-electron chi connectivity index (χ4n) is 3.32. The van der Waals surface area contributed by atoms with E-state index in [-0.39, 0.29) is 11.9 Å². The molecule has 29 heavy (non-hydrogen) atoms. The summed E-state index contributed by atoms with van der Waals surface area (Å²) < 4.78 is 12.4. The molecule has 1 amide bonds. The second kappa shape index (κ2) is 8.57. The van der Waals surface area contributed by atoms with Gasteiger partial charge < -0.3 is 14.8 Å². The maximum atomic E-state index is 12.9. The summed E-state index contributed by atoms with van der Waals surface area (Å²) in [6.07, 6.45) is 1.57. The number of methoxy groups -OCH3 is 2. The van der Waals surface area contributed by atoms with Gasteiger partial charge in [0.25, 0.3) is 5.91 Å². The number of carbonyl (C=O) groups excluding carboxylic acids is 1. The van der Waals surface area contributed by atoms with Crippen molar-refractivity contribution in [3.63, 3.8) is 0 Å². The molecule has 0 spiro atoms. The summed E-state index contributed by atoms with van der Waals surface area (Å²) in [6, 6.07) is 10.9. The highest BCUT2D eigenvalue weighted by atomic mass is 35.5. The largest absolute Gasteiger partial charge is 0.493 e. The molecular weight excluding hydrogens is 390 g/mol. The molecule has 0 bridgehead atoms. The minimum Gasteiger partial charge on any atom is -0.493 e. The highest BCUT2D eigenvalue weighted by Gasteiger charge is 2.20. The summed E-state index contributed by atoms with van der Waals surface area (Å²) >= 11 is 6.07. The van der Waals surface area contributed by atoms with Crippen LogP contribution in [0.25, 0.3) is 5.69 Å². The summed E-state index contributed by atoms with van der Waals surface area (Å²) in [5, 5.41) is 8.01. The number of aromatic nitrogens is 2. The Morgan fingerprint density at radius 3 is 2.48 bits per heavy atom. The van der Waals surface area contributed by atoms with Crippen molar-refractivity contribution >= 4 is 17.5 Å². The molecule has 3 rings (SSSR count). The summed E-state index contributed by atoms with van der Waals surface area (Å²) in [7, 11) is 3.19. The van der Waals surface area contributed by atoms with Crippen LogP contribution in [-0.4, -0.2) is 29.9 Å². The number of rotatable bonds is 6. The second-order valence-electron chi connectivity index (χ2n) is 6.79. The van der Waals surface area contributed by atoms with Crippen LogP contribution in [0.5, 0.6) is 11.5 Å². The quantitative estimate of drug-likeness (QED) is 0.638. The first-order chi connectivity index (χ1) is 13.8. The second-order valence-corrected chi connectivity index (χ2v) is 7.23. The first kappa shape index (κ1) is 20.7. The van der Waals surface area contributed by atoms with Crippen molar-refractivity contribution in [2.45, 2.75) is 26.8 Å². The van der Waals surface area contributed by atoms with E-state index in [0.717, 1.165) is 22.5 Å². The van der Waals surface area contributed by atoms with Crippen LogP contribution < -0.4 is 14.8 Å². The zero-order valence-electron chi connectivity index (χ0n) is 17.1. The van der Waals surface area contributed by atoms with E-state index < -0.39 is 0 Å². The standard InChI is InChI=1S/C22H24ClN3O3/c1-13-9-20(28-4)21(29-5)11-18(13)14(2)25-22(27)19-12-24-26(15(19)3)17-8-6-7-16(23)10-17/h6-12,14H,1-5H3,(H,25,27). The van der Waals surface area contributed by atoms with E-state index in [9.17, 15) is 4.79 Å². The van der Waals surface area contributed by atoms with Crippen LogP contribution in [0, 0.1) is 13.8 Å². The number of nitrogens with zero attached hydrogens (tertiary/aromatic N) is 2. The molecule has 0 saturated carbocycles. The van der Waals surface area contributed by atoms with Gasteiger partial charge in [0, 0.05) is 5.02 Å². The number of aryl methyl sites for hydroxylation is 1. The maximum absolute atomic E-state index is 12.9. The Kier molecular flexibility index (Phi) is 6.13. The molecule has 0 saturated heterocycles. The minimum absolute atomic E-state index is 0.197. The summed E-state index contributed by atoms with van der Waals surface area (Å²) in [6.45, 7) is 5.76. The number of carbonyl (C=O) groups is 1. The van der Waals surface area contributed by atoms with Crippen LogP contribution in [0.2, 0.25) is 5.02 Å². The van der Waals surface area contributed by atoms with Crippen LogP contribution in [0.3, 0.4) is 0 Å². The lowest BCUT2D eigenvalue weighted by molar-refractivity contribution is 0.0939. The van der Waals surface area contributed by atoms with Crippen molar-refractivity contribution in [1.29, 1.82) is 0 Å². The average molecular weight is 414 g/mol. The molecule has 1 aromatic heterocycles. The lowest BCUT2D eigenvalue weighted by Gasteiger charge is -2.19. The van der Waals surface area contributed by atoms with Gasteiger partial charge in [-0.2, -0.15) is 5.10 Å². The molecule has 0 fully saturated rings. The van der Waals surface area contributed by atoms with Gasteiger partial charge in [0.15, 0.2) is 11.5 Å². The Balaban J connectivity index is 1.84. The minimum atomic E-state index is -0.226. The molecule has 1 unspecified atom stereocenters. The molecule has 1 N–H and O–H groups in total. The van der Waals surface area contributed by atoms with E-state index in [1.807, 2.05) is 45.0 Å². The topological polar surface area (TPSA) is 65.4 Å². The molecule has 3 aromatic rings. The molecule has 0 aliphatic carbocycles. The predicted molar refractivity (Wildman–Crippen MR) is 113 cm³/mol. The van der Waals surface area contributed by atoms with Gasteiger partial charge in [-0.25, -0.2) is 4.68 Å². The molecule has 0 aliphatic rings. The van der Waals surface area contributed by atoms with Crippen molar-refractivity contribution in [2.24, 2.45) is 0 Å². The van der Waals surface area contributed by atoms with E-state index in [0.29, 0.717) is 22.1 Å². The van der Waals surface area contributed by atoms with Crippen LogP contribution in [0.1, 0.15) is 40.1 Å². The van der Waals surface area contributed by atoms with Gasteiger partial charge in [-0.15, -0.1) is 0 Å². The maximum Gasteiger partial charge on any atom is 0.255 e. The Morgan fingerprint density at radius 1 is 1.14 bits per heavy atom. The number of hydrogen-bond acceptors (Lipinski definition) is 4. The van der Waals surface area contributed by atoms with E-state index >= 15 is 0 Å². The third-order valence-electron chi connectivity index (χ3n) is 4.89. The number of ether oxygens (including phenoxy) is 2. The first-order valence-corrected chi connectivity index (χ1v) is 9.57. The fourth-order valence-corrected chi connectivity index (χ4v) is 3.50. The van der Waals surface area contributed by atoms with E-state index in [2.05, 4.69) is 10.4 Å². The molecule has 1 atom stereocenters. The van der Waals surface area contributed by atoms with Crippen molar-refractivity contribution < 1.29 is 14.3 Å². The van der Waals surface area contributed by atoms with Crippen molar-refractivity contribution in [2.75, 3.05) is 14.2 Å². The highest BCUT2D eigenvalue weighted by Crippen LogP contribution is 2.33. The first-order valence-electron chi connectivity index (χ1n) is 9.19. The molecule has 6 nitrogen and oxygen atoms in total. The van der Waals surface area contributed by atoms with Crippen LogP contribution in [-0.2, 0) is 0 Å². The number of amides is 1. The zero-order chi connectivity index (χ0) is 21.1. The predicted octanol–water partition coefficient (Wildman–Crippen LogP) is 4.65. The van der Waals surface area contributed by atoms with Crippen LogP contribution >= 0.6 is 11.6 Å². The van der Waals surface area contributed by atoms with E-state index in [1.165, 1.54) is 0 Å². The molecule has 0 radical (unpaired) electrons. The fraction of sp³-hybridized carbons (Fsp3) is 0.273. The van der Waals surface area contributed by atoms with Gasteiger partial charge in [-0.1, -0.05) is 17.7 Å². The van der Waals surface area contributed by atoms with Gasteiger partial charge in [0.2, 0.25) is 0 Å². The van der Waals surface area contributed by atoms with E-state index in [1.54, 1.807) is 37.2 Å². The summed E-state index contributed by atoms with van der Waals surface area (Å²) in [5.74, 6) is 1.09. The lowest BCUT2D eigenvalue weighted by atomic mass is 10.0. The van der Waals surface area contributed by atoms with E-state index in [4.69, 9.17) is 21.1 Å². The Hall–Kier alpha value is -2.99. The van der Waals surface area contributed by atoms with Crippen molar-refractivity contribution in [3.8, 4) is 17.2 Å². The molecule has 0 aliphatic heterocycles. The Bertz CT molecular complexity index is 1050. The normalized spacial score (nSPS) is 11.8. The van der Waals surface area contributed by atoms with Gasteiger partial charge in [-0.05, 0) is 62.2 Å². The molecular formula is C22H24ClN3O3. The summed E-state index contributed by atoms with van der Waals surface area (Å²) in [4.78, 5) is 12.9. The van der Waals surface area contributed by atoms with Gasteiger partial charge >= 0.3 is 0 Å². The van der Waals surface area contributed by atoms with Gasteiger partial charge in [0.1, 0.15) is 0 Å². The number of benzene rings is 2. The molecule has 152 valence electrons.